The van der Waals surface area contributed by atoms with Crippen molar-refractivity contribution < 1.29 is 4.39 Å². The zero-order chi connectivity index (χ0) is 13.6. The second-order valence-corrected chi connectivity index (χ2v) is 6.32. The van der Waals surface area contributed by atoms with Crippen LogP contribution in [0.25, 0.3) is 0 Å². The number of hydrogen-bond donors (Lipinski definition) is 1. The van der Waals surface area contributed by atoms with Crippen molar-refractivity contribution >= 4 is 0 Å². The number of halogens is 1. The third-order valence-corrected chi connectivity index (χ3v) is 3.10. The first kappa shape index (κ1) is 15.2. The lowest BCUT2D eigenvalue weighted by Gasteiger charge is -2.25. The monoisotopic (exact) mass is 251 g/mol. The summed E-state index contributed by atoms with van der Waals surface area (Å²) in [7, 11) is 0. The van der Waals surface area contributed by atoms with Gasteiger partial charge in [-0.3, -0.25) is 0 Å². The molecule has 0 aliphatic carbocycles. The van der Waals surface area contributed by atoms with Crippen LogP contribution in [0.1, 0.15) is 39.7 Å². The Morgan fingerprint density at radius 3 is 2.61 bits per heavy atom. The van der Waals surface area contributed by atoms with Gasteiger partial charge in [-0.25, -0.2) is 4.39 Å². The molecule has 18 heavy (non-hydrogen) atoms. The Hall–Kier alpha value is -0.890. The summed E-state index contributed by atoms with van der Waals surface area (Å²) in [6.45, 7) is 11.0. The van der Waals surface area contributed by atoms with E-state index in [0.29, 0.717) is 5.92 Å². The van der Waals surface area contributed by atoms with Gasteiger partial charge in [-0.2, -0.15) is 0 Å². The topological polar surface area (TPSA) is 12.0 Å². The number of benzene rings is 1. The van der Waals surface area contributed by atoms with Crippen LogP contribution >= 0.6 is 0 Å². The predicted molar refractivity (Wildman–Crippen MR) is 76.2 cm³/mol. The summed E-state index contributed by atoms with van der Waals surface area (Å²) in [5.41, 5.74) is 1.29. The van der Waals surface area contributed by atoms with Crippen LogP contribution in [-0.4, -0.2) is 13.1 Å². The fourth-order valence-corrected chi connectivity index (χ4v) is 2.11. The third kappa shape index (κ3) is 6.15. The van der Waals surface area contributed by atoms with Crippen LogP contribution in [0.4, 0.5) is 4.39 Å². The minimum atomic E-state index is -0.138. The van der Waals surface area contributed by atoms with Crippen LogP contribution in [0, 0.1) is 17.2 Å². The quantitative estimate of drug-likeness (QED) is 0.721. The molecule has 0 fully saturated rings. The second kappa shape index (κ2) is 6.89. The average molecular weight is 251 g/mol. The van der Waals surface area contributed by atoms with Crippen molar-refractivity contribution in [3.8, 4) is 0 Å². The van der Waals surface area contributed by atoms with E-state index in [4.69, 9.17) is 0 Å². The van der Waals surface area contributed by atoms with Gasteiger partial charge in [-0.1, -0.05) is 39.8 Å². The summed E-state index contributed by atoms with van der Waals surface area (Å²) in [6, 6.07) is 6.94. The Morgan fingerprint density at radius 1 is 1.28 bits per heavy atom. The lowest BCUT2D eigenvalue weighted by Crippen LogP contribution is -2.26. The number of nitrogens with one attached hydrogen (secondary N) is 1. The standard InChI is InChI=1S/C16H26FN/c1-13(2)12-18-9-8-16(3,4)11-14-6-5-7-15(17)10-14/h5-7,10,13,18H,8-9,11-12H2,1-4H3. The second-order valence-electron chi connectivity index (χ2n) is 6.32. The van der Waals surface area contributed by atoms with Gasteiger partial charge in [-0.05, 0) is 55.0 Å². The van der Waals surface area contributed by atoms with Gasteiger partial charge >= 0.3 is 0 Å². The minimum absolute atomic E-state index is 0.138. The van der Waals surface area contributed by atoms with Gasteiger partial charge in [0.1, 0.15) is 5.82 Å². The molecular formula is C16H26FN. The van der Waals surface area contributed by atoms with E-state index < -0.39 is 0 Å². The van der Waals surface area contributed by atoms with Crippen LogP contribution in [0.5, 0.6) is 0 Å². The highest BCUT2D eigenvalue weighted by molar-refractivity contribution is 5.17. The van der Waals surface area contributed by atoms with Crippen LogP contribution < -0.4 is 5.32 Å². The molecule has 1 N–H and O–H groups in total. The maximum atomic E-state index is 13.1. The van der Waals surface area contributed by atoms with Crippen molar-refractivity contribution in [3.63, 3.8) is 0 Å². The largest absolute Gasteiger partial charge is 0.316 e. The molecule has 0 aromatic heterocycles. The average Bonchev–Trinajstić information content (AvgIpc) is 2.23. The summed E-state index contributed by atoms with van der Waals surface area (Å²) in [5, 5.41) is 3.46. The lowest BCUT2D eigenvalue weighted by atomic mass is 9.82. The van der Waals surface area contributed by atoms with Gasteiger partial charge in [0.05, 0.1) is 0 Å². The van der Waals surface area contributed by atoms with Gasteiger partial charge in [0.2, 0.25) is 0 Å². The van der Waals surface area contributed by atoms with E-state index in [-0.39, 0.29) is 11.2 Å². The van der Waals surface area contributed by atoms with Gasteiger partial charge < -0.3 is 5.32 Å². The SMILES string of the molecule is CC(C)CNCCC(C)(C)Cc1cccc(F)c1. The molecule has 0 bridgehead atoms. The summed E-state index contributed by atoms with van der Waals surface area (Å²) < 4.78 is 13.1. The summed E-state index contributed by atoms with van der Waals surface area (Å²) in [4.78, 5) is 0. The molecule has 0 spiro atoms. The van der Waals surface area contributed by atoms with Crippen molar-refractivity contribution in [1.29, 1.82) is 0 Å². The zero-order valence-electron chi connectivity index (χ0n) is 12.1. The molecule has 0 aliphatic heterocycles. The molecule has 0 aliphatic rings. The highest BCUT2D eigenvalue weighted by Gasteiger charge is 2.18. The zero-order valence-corrected chi connectivity index (χ0v) is 12.1. The molecule has 0 saturated carbocycles. The predicted octanol–water partition coefficient (Wildman–Crippen LogP) is 4.03. The van der Waals surface area contributed by atoms with Gasteiger partial charge in [0.15, 0.2) is 0 Å². The highest BCUT2D eigenvalue weighted by atomic mass is 19.1. The lowest BCUT2D eigenvalue weighted by molar-refractivity contribution is 0.322. The summed E-state index contributed by atoms with van der Waals surface area (Å²) in [6.07, 6.45) is 2.03. The molecule has 1 aromatic carbocycles. The molecular weight excluding hydrogens is 225 g/mol. The van der Waals surface area contributed by atoms with Crippen molar-refractivity contribution in [1.82, 2.24) is 5.32 Å². The molecule has 1 aromatic rings. The van der Waals surface area contributed by atoms with E-state index in [1.165, 1.54) is 6.07 Å². The Bertz CT molecular complexity index is 358. The number of hydrogen-bond acceptors (Lipinski definition) is 1. The summed E-state index contributed by atoms with van der Waals surface area (Å²) >= 11 is 0. The molecule has 2 heteroatoms. The van der Waals surface area contributed by atoms with Gasteiger partial charge in [0, 0.05) is 0 Å². The molecule has 0 amide bonds. The van der Waals surface area contributed by atoms with Crippen LogP contribution in [0.15, 0.2) is 24.3 Å². The van der Waals surface area contributed by atoms with E-state index >= 15 is 0 Å². The van der Waals surface area contributed by atoms with Crippen LogP contribution in [0.2, 0.25) is 0 Å². The van der Waals surface area contributed by atoms with E-state index in [1.807, 2.05) is 6.07 Å². The van der Waals surface area contributed by atoms with Crippen LogP contribution in [-0.2, 0) is 6.42 Å². The van der Waals surface area contributed by atoms with E-state index in [2.05, 4.69) is 33.0 Å². The Kier molecular flexibility index (Phi) is 5.80. The van der Waals surface area contributed by atoms with Gasteiger partial charge in [0.25, 0.3) is 0 Å². The maximum absolute atomic E-state index is 13.1. The first-order valence-electron chi connectivity index (χ1n) is 6.84. The smallest absolute Gasteiger partial charge is 0.123 e. The molecule has 0 radical (unpaired) electrons. The van der Waals surface area contributed by atoms with Gasteiger partial charge in [-0.15, -0.1) is 0 Å². The Morgan fingerprint density at radius 2 is 2.00 bits per heavy atom. The molecule has 1 rings (SSSR count). The normalized spacial score (nSPS) is 12.1. The minimum Gasteiger partial charge on any atom is -0.316 e. The molecule has 102 valence electrons. The third-order valence-electron chi connectivity index (χ3n) is 3.10. The van der Waals surface area contributed by atoms with Crippen molar-refractivity contribution in [2.24, 2.45) is 11.3 Å². The first-order valence-corrected chi connectivity index (χ1v) is 6.84. The maximum Gasteiger partial charge on any atom is 0.123 e. The molecule has 0 heterocycles. The molecule has 1 nitrogen and oxygen atoms in total. The first-order chi connectivity index (χ1) is 8.39. The van der Waals surface area contributed by atoms with Crippen LogP contribution in [0.3, 0.4) is 0 Å². The molecule has 0 saturated heterocycles. The van der Waals surface area contributed by atoms with Crippen molar-refractivity contribution in [3.05, 3.63) is 35.6 Å². The highest BCUT2D eigenvalue weighted by Crippen LogP contribution is 2.25. The van der Waals surface area contributed by atoms with E-state index in [0.717, 1.165) is 31.5 Å². The molecule has 0 unspecified atom stereocenters. The molecule has 0 atom stereocenters. The van der Waals surface area contributed by atoms with E-state index in [1.54, 1.807) is 12.1 Å². The van der Waals surface area contributed by atoms with Crippen molar-refractivity contribution in [2.75, 3.05) is 13.1 Å². The Balaban J connectivity index is 2.39. The van der Waals surface area contributed by atoms with E-state index in [9.17, 15) is 4.39 Å². The summed E-state index contributed by atoms with van der Waals surface area (Å²) in [5.74, 6) is 0.553. The fraction of sp³-hybridized carbons (Fsp3) is 0.625. The van der Waals surface area contributed by atoms with Crippen molar-refractivity contribution in [2.45, 2.75) is 40.5 Å². The number of rotatable bonds is 7. The Labute approximate surface area is 111 Å². The fourth-order valence-electron chi connectivity index (χ4n) is 2.11.